The van der Waals surface area contributed by atoms with Crippen molar-refractivity contribution < 1.29 is 0 Å². The summed E-state index contributed by atoms with van der Waals surface area (Å²) in [5.41, 5.74) is 2.47. The number of benzene rings is 2. The summed E-state index contributed by atoms with van der Waals surface area (Å²) in [7, 11) is 4.29. The average molecular weight is 307 g/mol. The summed E-state index contributed by atoms with van der Waals surface area (Å²) in [4.78, 5) is 9.73. The maximum absolute atomic E-state index is 5.17. The quantitative estimate of drug-likeness (QED) is 0.859. The third kappa shape index (κ3) is 3.73. The molecule has 1 aliphatic heterocycles. The summed E-state index contributed by atoms with van der Waals surface area (Å²) in [6.07, 6.45) is 2.45. The molecule has 1 heterocycles. The second-order valence-corrected chi connectivity index (χ2v) is 6.20. The van der Waals surface area contributed by atoms with Gasteiger partial charge in [0.2, 0.25) is 0 Å². The van der Waals surface area contributed by atoms with Gasteiger partial charge in [-0.1, -0.05) is 60.7 Å². The second kappa shape index (κ2) is 7.32. The molecular weight excluding hydrogens is 282 g/mol. The van der Waals surface area contributed by atoms with Gasteiger partial charge in [0.15, 0.2) is 5.96 Å². The van der Waals surface area contributed by atoms with Gasteiger partial charge in [-0.2, -0.15) is 0 Å². The summed E-state index contributed by atoms with van der Waals surface area (Å²) in [6, 6.07) is 21.2. The zero-order valence-electron chi connectivity index (χ0n) is 14.0. The fraction of sp³-hybridized carbons (Fsp3) is 0.350. The Morgan fingerprint density at radius 3 is 1.61 bits per heavy atom. The number of aliphatic imine (C=N–C) groups is 1. The molecule has 23 heavy (non-hydrogen) atoms. The molecular formula is C20H25N3. The minimum atomic E-state index is 0.0374. The molecule has 0 radical (unpaired) electrons. The largest absolute Gasteiger partial charge is 0.346 e. The van der Waals surface area contributed by atoms with Gasteiger partial charge in [0.25, 0.3) is 0 Å². The van der Waals surface area contributed by atoms with Crippen molar-refractivity contribution in [3.05, 3.63) is 71.8 Å². The molecule has 0 saturated carbocycles. The molecule has 1 aliphatic rings. The third-order valence-electron chi connectivity index (χ3n) is 4.40. The lowest BCUT2D eigenvalue weighted by Crippen LogP contribution is -2.39. The summed E-state index contributed by atoms with van der Waals surface area (Å²) in [5, 5.41) is 0. The predicted octanol–water partition coefficient (Wildman–Crippen LogP) is 3.79. The zero-order valence-corrected chi connectivity index (χ0v) is 14.0. The molecule has 120 valence electrons. The normalized spacial score (nSPS) is 15.7. The highest BCUT2D eigenvalue weighted by molar-refractivity contribution is 5.80. The molecule has 3 nitrogen and oxygen atoms in total. The lowest BCUT2D eigenvalue weighted by atomic mass is 9.99. The fourth-order valence-corrected chi connectivity index (χ4v) is 3.11. The van der Waals surface area contributed by atoms with Crippen LogP contribution < -0.4 is 0 Å². The minimum absolute atomic E-state index is 0.0374. The van der Waals surface area contributed by atoms with Crippen LogP contribution in [0.15, 0.2) is 65.7 Å². The molecule has 2 aromatic rings. The Bertz CT molecular complexity index is 583. The first-order valence-electron chi connectivity index (χ1n) is 8.35. The van der Waals surface area contributed by atoms with Gasteiger partial charge in [-0.3, -0.25) is 0 Å². The Kier molecular flexibility index (Phi) is 4.96. The van der Waals surface area contributed by atoms with Crippen molar-refractivity contribution in [3.8, 4) is 0 Å². The van der Waals surface area contributed by atoms with Crippen LogP contribution in [0.25, 0.3) is 0 Å². The molecule has 0 N–H and O–H groups in total. The van der Waals surface area contributed by atoms with Crippen molar-refractivity contribution in [1.29, 1.82) is 0 Å². The van der Waals surface area contributed by atoms with Crippen molar-refractivity contribution in [1.82, 2.24) is 9.80 Å². The van der Waals surface area contributed by atoms with Crippen LogP contribution in [0, 0.1) is 0 Å². The summed E-state index contributed by atoms with van der Waals surface area (Å²) in [6.45, 7) is 2.14. The molecule has 0 amide bonds. The summed E-state index contributed by atoms with van der Waals surface area (Å²) in [5.74, 6) is 1.08. The Morgan fingerprint density at radius 1 is 0.739 bits per heavy atom. The van der Waals surface area contributed by atoms with Crippen LogP contribution in [-0.2, 0) is 0 Å². The van der Waals surface area contributed by atoms with E-state index in [1.807, 2.05) is 0 Å². The van der Waals surface area contributed by atoms with Crippen LogP contribution >= 0.6 is 0 Å². The SMILES string of the molecule is CN1CCCCN(C)C1=NC(c1ccccc1)c1ccccc1. The first-order chi connectivity index (χ1) is 11.3. The van der Waals surface area contributed by atoms with Gasteiger partial charge in [0.05, 0.1) is 0 Å². The van der Waals surface area contributed by atoms with Crippen LogP contribution in [0.1, 0.15) is 30.0 Å². The van der Waals surface area contributed by atoms with E-state index >= 15 is 0 Å². The Labute approximate surface area is 139 Å². The van der Waals surface area contributed by atoms with E-state index in [2.05, 4.69) is 84.6 Å². The molecule has 1 saturated heterocycles. The van der Waals surface area contributed by atoms with Crippen LogP contribution in [0.2, 0.25) is 0 Å². The first-order valence-corrected chi connectivity index (χ1v) is 8.35. The van der Waals surface area contributed by atoms with Crippen molar-refractivity contribution in [2.75, 3.05) is 27.2 Å². The molecule has 0 aromatic heterocycles. The van der Waals surface area contributed by atoms with Crippen LogP contribution in [0.4, 0.5) is 0 Å². The molecule has 0 atom stereocenters. The minimum Gasteiger partial charge on any atom is -0.346 e. The smallest absolute Gasteiger partial charge is 0.197 e. The summed E-state index contributed by atoms with van der Waals surface area (Å²) >= 11 is 0. The highest BCUT2D eigenvalue weighted by Crippen LogP contribution is 2.27. The van der Waals surface area contributed by atoms with Gasteiger partial charge in [-0.15, -0.1) is 0 Å². The average Bonchev–Trinajstić information content (AvgIpc) is 2.75. The first kappa shape index (κ1) is 15.6. The van der Waals surface area contributed by atoms with Crippen LogP contribution in [0.5, 0.6) is 0 Å². The maximum atomic E-state index is 5.17. The van der Waals surface area contributed by atoms with E-state index in [4.69, 9.17) is 4.99 Å². The van der Waals surface area contributed by atoms with Gasteiger partial charge in [-0.05, 0) is 24.0 Å². The molecule has 2 aromatic carbocycles. The number of guanidine groups is 1. The zero-order chi connectivity index (χ0) is 16.1. The molecule has 0 aliphatic carbocycles. The molecule has 0 bridgehead atoms. The number of nitrogens with zero attached hydrogens (tertiary/aromatic N) is 3. The van der Waals surface area contributed by atoms with Gasteiger partial charge in [-0.25, -0.2) is 4.99 Å². The van der Waals surface area contributed by atoms with E-state index < -0.39 is 0 Å². The molecule has 1 fully saturated rings. The number of hydrogen-bond donors (Lipinski definition) is 0. The Morgan fingerprint density at radius 2 is 1.17 bits per heavy atom. The maximum Gasteiger partial charge on any atom is 0.197 e. The highest BCUT2D eigenvalue weighted by Gasteiger charge is 2.20. The predicted molar refractivity (Wildman–Crippen MR) is 96.7 cm³/mol. The topological polar surface area (TPSA) is 18.8 Å². The van der Waals surface area contributed by atoms with Gasteiger partial charge in [0.1, 0.15) is 6.04 Å². The molecule has 0 spiro atoms. The Hall–Kier alpha value is -2.29. The van der Waals surface area contributed by atoms with Crippen LogP contribution in [0.3, 0.4) is 0 Å². The van der Waals surface area contributed by atoms with E-state index in [9.17, 15) is 0 Å². The standard InChI is InChI=1S/C20H25N3/c1-22-15-9-10-16-23(2)20(22)21-19(17-11-5-3-6-12-17)18-13-7-4-8-14-18/h3-8,11-14,19H,9-10,15-16H2,1-2H3. The Balaban J connectivity index is 2.03. The number of rotatable bonds is 3. The molecule has 0 unspecified atom stereocenters. The van der Waals surface area contributed by atoms with Crippen LogP contribution in [-0.4, -0.2) is 42.9 Å². The second-order valence-electron chi connectivity index (χ2n) is 6.20. The molecule has 3 heteroatoms. The van der Waals surface area contributed by atoms with E-state index in [-0.39, 0.29) is 6.04 Å². The lowest BCUT2D eigenvalue weighted by molar-refractivity contribution is 0.431. The van der Waals surface area contributed by atoms with Crippen molar-refractivity contribution >= 4 is 5.96 Å². The van der Waals surface area contributed by atoms with Gasteiger partial charge >= 0.3 is 0 Å². The highest BCUT2D eigenvalue weighted by atomic mass is 15.4. The van der Waals surface area contributed by atoms with E-state index in [1.54, 1.807) is 0 Å². The van der Waals surface area contributed by atoms with Crippen molar-refractivity contribution in [3.63, 3.8) is 0 Å². The van der Waals surface area contributed by atoms with E-state index in [0.717, 1.165) is 19.0 Å². The van der Waals surface area contributed by atoms with Gasteiger partial charge in [0, 0.05) is 27.2 Å². The van der Waals surface area contributed by atoms with Crippen molar-refractivity contribution in [2.24, 2.45) is 4.99 Å². The fourth-order valence-electron chi connectivity index (χ4n) is 3.11. The van der Waals surface area contributed by atoms with E-state index in [0.29, 0.717) is 0 Å². The van der Waals surface area contributed by atoms with Crippen molar-refractivity contribution in [2.45, 2.75) is 18.9 Å². The summed E-state index contributed by atoms with van der Waals surface area (Å²) < 4.78 is 0. The third-order valence-corrected chi connectivity index (χ3v) is 4.40. The lowest BCUT2D eigenvalue weighted by Gasteiger charge is -2.28. The van der Waals surface area contributed by atoms with Gasteiger partial charge < -0.3 is 9.80 Å². The number of hydrogen-bond acceptors (Lipinski definition) is 1. The molecule has 3 rings (SSSR count). The van der Waals surface area contributed by atoms with E-state index in [1.165, 1.54) is 24.0 Å². The monoisotopic (exact) mass is 307 g/mol.